The molecular formula is C8H10BrNO3. The number of nitrogens with two attached hydrogens (primary N) is 1. The number of rotatable bonds is 3. The Labute approximate surface area is 84.2 Å². The highest BCUT2D eigenvalue weighted by Gasteiger charge is 2.15. The van der Waals surface area contributed by atoms with Gasteiger partial charge in [-0.05, 0) is 28.1 Å². The van der Waals surface area contributed by atoms with Crippen LogP contribution in [0.3, 0.4) is 0 Å². The van der Waals surface area contributed by atoms with E-state index in [-0.39, 0.29) is 0 Å². The lowest BCUT2D eigenvalue weighted by molar-refractivity contribution is -0.142. The molecule has 0 amide bonds. The normalized spacial score (nSPS) is 12.5. The fourth-order valence-electron chi connectivity index (χ4n) is 0.913. The second-order valence-corrected chi connectivity index (χ2v) is 3.32. The SMILES string of the molecule is COC(=O)C(N)Cc1ccc(Br)o1. The van der Waals surface area contributed by atoms with Crippen LogP contribution in [0.5, 0.6) is 0 Å². The molecule has 0 fully saturated rings. The molecule has 4 nitrogen and oxygen atoms in total. The van der Waals surface area contributed by atoms with Gasteiger partial charge >= 0.3 is 5.97 Å². The van der Waals surface area contributed by atoms with Crippen molar-refractivity contribution in [3.8, 4) is 0 Å². The Hall–Kier alpha value is -0.810. The van der Waals surface area contributed by atoms with Crippen molar-refractivity contribution in [3.63, 3.8) is 0 Å². The lowest BCUT2D eigenvalue weighted by Crippen LogP contribution is -2.33. The Kier molecular flexibility index (Phi) is 3.50. The van der Waals surface area contributed by atoms with Crippen molar-refractivity contribution in [2.45, 2.75) is 12.5 Å². The number of carbonyl (C=O) groups is 1. The number of carbonyl (C=O) groups excluding carboxylic acids is 1. The molecule has 1 aromatic heterocycles. The van der Waals surface area contributed by atoms with E-state index >= 15 is 0 Å². The molecule has 0 spiro atoms. The molecule has 0 aliphatic carbocycles. The van der Waals surface area contributed by atoms with Crippen LogP contribution in [0.25, 0.3) is 0 Å². The Morgan fingerprint density at radius 1 is 1.77 bits per heavy atom. The lowest BCUT2D eigenvalue weighted by atomic mass is 10.2. The van der Waals surface area contributed by atoms with Crippen LogP contribution in [-0.4, -0.2) is 19.1 Å². The molecule has 1 heterocycles. The van der Waals surface area contributed by atoms with Gasteiger partial charge in [0, 0.05) is 6.42 Å². The first-order valence-corrected chi connectivity index (χ1v) is 4.50. The number of halogens is 1. The quantitative estimate of drug-likeness (QED) is 0.813. The highest BCUT2D eigenvalue weighted by Crippen LogP contribution is 2.15. The van der Waals surface area contributed by atoms with Gasteiger partial charge in [0.25, 0.3) is 0 Å². The molecule has 0 saturated heterocycles. The van der Waals surface area contributed by atoms with Crippen molar-refractivity contribution >= 4 is 21.9 Å². The zero-order valence-electron chi connectivity index (χ0n) is 7.12. The Balaban J connectivity index is 2.54. The van der Waals surface area contributed by atoms with Crippen LogP contribution in [0.1, 0.15) is 5.76 Å². The van der Waals surface area contributed by atoms with Crippen molar-refractivity contribution in [1.29, 1.82) is 0 Å². The van der Waals surface area contributed by atoms with E-state index in [0.717, 1.165) is 0 Å². The van der Waals surface area contributed by atoms with Gasteiger partial charge in [-0.2, -0.15) is 0 Å². The van der Waals surface area contributed by atoms with Crippen molar-refractivity contribution in [1.82, 2.24) is 0 Å². The van der Waals surface area contributed by atoms with Gasteiger partial charge in [-0.15, -0.1) is 0 Å². The summed E-state index contributed by atoms with van der Waals surface area (Å²) in [5.74, 6) is 0.220. The average molecular weight is 248 g/mol. The third-order valence-corrected chi connectivity index (χ3v) is 1.98. The first-order chi connectivity index (χ1) is 6.13. The molecule has 5 heteroatoms. The largest absolute Gasteiger partial charge is 0.468 e. The van der Waals surface area contributed by atoms with Gasteiger partial charge < -0.3 is 14.9 Å². The summed E-state index contributed by atoms with van der Waals surface area (Å²) in [6, 6.07) is 2.84. The number of methoxy groups -OCH3 is 1. The van der Waals surface area contributed by atoms with Crippen LogP contribution in [0.2, 0.25) is 0 Å². The summed E-state index contributed by atoms with van der Waals surface area (Å²) in [7, 11) is 1.31. The number of ether oxygens (including phenoxy) is 1. The minimum atomic E-state index is -0.664. The second-order valence-electron chi connectivity index (χ2n) is 2.54. The third kappa shape index (κ3) is 2.86. The number of esters is 1. The standard InChI is InChI=1S/C8H10BrNO3/c1-12-8(11)6(10)4-5-2-3-7(9)13-5/h2-3,6H,4,10H2,1H3. The van der Waals surface area contributed by atoms with Crippen molar-refractivity contribution in [2.75, 3.05) is 7.11 Å². The van der Waals surface area contributed by atoms with Crippen LogP contribution >= 0.6 is 15.9 Å². The van der Waals surface area contributed by atoms with Crippen LogP contribution in [0.4, 0.5) is 0 Å². The van der Waals surface area contributed by atoms with E-state index in [1.165, 1.54) is 7.11 Å². The van der Waals surface area contributed by atoms with E-state index in [1.54, 1.807) is 12.1 Å². The minimum absolute atomic E-state index is 0.346. The molecule has 0 saturated carbocycles. The first-order valence-electron chi connectivity index (χ1n) is 3.71. The highest BCUT2D eigenvalue weighted by atomic mass is 79.9. The maximum atomic E-state index is 10.9. The second kappa shape index (κ2) is 4.43. The zero-order chi connectivity index (χ0) is 9.84. The molecule has 72 valence electrons. The number of hydrogen-bond donors (Lipinski definition) is 1. The molecule has 1 rings (SSSR count). The van der Waals surface area contributed by atoms with Crippen LogP contribution < -0.4 is 5.73 Å². The van der Waals surface area contributed by atoms with Gasteiger partial charge in [-0.1, -0.05) is 0 Å². The molecule has 0 aromatic carbocycles. The fourth-order valence-corrected chi connectivity index (χ4v) is 1.25. The van der Waals surface area contributed by atoms with Gasteiger partial charge in [0.15, 0.2) is 4.67 Å². The zero-order valence-corrected chi connectivity index (χ0v) is 8.71. The molecule has 1 atom stereocenters. The molecule has 1 aromatic rings. The Morgan fingerprint density at radius 2 is 2.46 bits per heavy atom. The summed E-state index contributed by atoms with van der Waals surface area (Å²) in [6.45, 7) is 0. The first kappa shape index (κ1) is 10.3. The molecule has 1 unspecified atom stereocenters. The molecule has 13 heavy (non-hydrogen) atoms. The van der Waals surface area contributed by atoms with E-state index in [0.29, 0.717) is 16.9 Å². The van der Waals surface area contributed by atoms with E-state index in [9.17, 15) is 4.79 Å². The molecule has 0 radical (unpaired) electrons. The van der Waals surface area contributed by atoms with Gasteiger partial charge in [0.2, 0.25) is 0 Å². The summed E-state index contributed by atoms with van der Waals surface area (Å²) < 4.78 is 10.3. The fraction of sp³-hybridized carbons (Fsp3) is 0.375. The summed E-state index contributed by atoms with van der Waals surface area (Å²) in [5.41, 5.74) is 5.52. The third-order valence-electron chi connectivity index (χ3n) is 1.55. The molecule has 0 aliphatic heterocycles. The topological polar surface area (TPSA) is 65.5 Å². The van der Waals surface area contributed by atoms with Gasteiger partial charge in [0.05, 0.1) is 7.11 Å². The summed E-state index contributed by atoms with van der Waals surface area (Å²) in [5, 5.41) is 0. The van der Waals surface area contributed by atoms with Crippen LogP contribution in [-0.2, 0) is 16.0 Å². The van der Waals surface area contributed by atoms with Crippen LogP contribution in [0, 0.1) is 0 Å². The molecular weight excluding hydrogens is 238 g/mol. The lowest BCUT2D eigenvalue weighted by Gasteiger charge is -2.05. The Bertz CT molecular complexity index is 297. The van der Waals surface area contributed by atoms with E-state index in [2.05, 4.69) is 20.7 Å². The van der Waals surface area contributed by atoms with Crippen molar-refractivity contribution in [3.05, 3.63) is 22.6 Å². The maximum Gasteiger partial charge on any atom is 0.323 e. The van der Waals surface area contributed by atoms with Crippen molar-refractivity contribution < 1.29 is 13.9 Å². The molecule has 2 N–H and O–H groups in total. The predicted molar refractivity (Wildman–Crippen MR) is 50.1 cm³/mol. The smallest absolute Gasteiger partial charge is 0.323 e. The van der Waals surface area contributed by atoms with Crippen LogP contribution in [0.15, 0.2) is 21.2 Å². The van der Waals surface area contributed by atoms with Gasteiger partial charge in [-0.3, -0.25) is 4.79 Å². The van der Waals surface area contributed by atoms with Crippen molar-refractivity contribution in [2.24, 2.45) is 5.73 Å². The average Bonchev–Trinajstić information content (AvgIpc) is 2.49. The number of furan rings is 1. The highest BCUT2D eigenvalue weighted by molar-refractivity contribution is 9.10. The predicted octanol–water partition coefficient (Wildman–Crippen LogP) is 1.08. The monoisotopic (exact) mass is 247 g/mol. The van der Waals surface area contributed by atoms with E-state index in [1.807, 2.05) is 0 Å². The molecule has 0 bridgehead atoms. The summed E-state index contributed by atoms with van der Waals surface area (Å²) in [6.07, 6.45) is 0.346. The maximum absolute atomic E-state index is 10.9. The van der Waals surface area contributed by atoms with E-state index < -0.39 is 12.0 Å². The van der Waals surface area contributed by atoms with Gasteiger partial charge in [0.1, 0.15) is 11.8 Å². The molecule has 0 aliphatic rings. The van der Waals surface area contributed by atoms with E-state index in [4.69, 9.17) is 10.2 Å². The summed E-state index contributed by atoms with van der Waals surface area (Å²) >= 11 is 3.15. The Morgan fingerprint density at radius 3 is 2.92 bits per heavy atom. The number of hydrogen-bond acceptors (Lipinski definition) is 4. The minimum Gasteiger partial charge on any atom is -0.468 e. The summed E-state index contributed by atoms with van der Waals surface area (Å²) in [4.78, 5) is 10.9. The van der Waals surface area contributed by atoms with Gasteiger partial charge in [-0.25, -0.2) is 0 Å².